The summed E-state index contributed by atoms with van der Waals surface area (Å²) < 4.78 is 5.16. The van der Waals surface area contributed by atoms with E-state index >= 15 is 0 Å². The van der Waals surface area contributed by atoms with Crippen molar-refractivity contribution in [1.82, 2.24) is 10.2 Å². The number of hydrogen-bond donors (Lipinski definition) is 1. The van der Waals surface area contributed by atoms with Crippen molar-refractivity contribution in [2.45, 2.75) is 32.5 Å². The molecule has 2 amide bonds. The molecule has 0 fully saturated rings. The van der Waals surface area contributed by atoms with Crippen LogP contribution in [0.4, 0.5) is 0 Å². The topological polar surface area (TPSA) is 58.6 Å². The quantitative estimate of drug-likeness (QED) is 0.574. The van der Waals surface area contributed by atoms with Gasteiger partial charge in [-0.1, -0.05) is 72.8 Å². The number of methoxy groups -OCH3 is 1. The Bertz CT molecular complexity index is 973. The molecule has 1 N–H and O–H groups in total. The molecule has 31 heavy (non-hydrogen) atoms. The molecule has 0 aliphatic carbocycles. The molecular weight excluding hydrogens is 388 g/mol. The fraction of sp³-hybridized carbons (Fsp3) is 0.231. The Hall–Kier alpha value is -3.60. The number of amides is 2. The van der Waals surface area contributed by atoms with E-state index in [1.165, 1.54) is 0 Å². The summed E-state index contributed by atoms with van der Waals surface area (Å²) in [7, 11) is 1.62. The molecule has 3 aromatic rings. The van der Waals surface area contributed by atoms with Crippen LogP contribution in [0.3, 0.4) is 0 Å². The van der Waals surface area contributed by atoms with Crippen molar-refractivity contribution in [2.24, 2.45) is 0 Å². The first kappa shape index (κ1) is 22.1. The molecule has 0 saturated heterocycles. The van der Waals surface area contributed by atoms with Crippen molar-refractivity contribution in [3.8, 4) is 5.75 Å². The highest BCUT2D eigenvalue weighted by Crippen LogP contribution is 2.14. The average molecular weight is 417 g/mol. The fourth-order valence-electron chi connectivity index (χ4n) is 3.32. The number of benzene rings is 3. The normalized spacial score (nSPS) is 11.4. The van der Waals surface area contributed by atoms with E-state index in [0.717, 1.165) is 22.4 Å². The molecular formula is C26H28N2O3. The molecule has 3 aromatic carbocycles. The van der Waals surface area contributed by atoms with Gasteiger partial charge in [0.05, 0.1) is 13.5 Å². The number of nitrogens with one attached hydrogen (secondary N) is 1. The number of rotatable bonds is 9. The SMILES string of the molecule is COc1ccc(CNC(=O)C(C)N(Cc2ccccc2)C(=O)Cc2ccccc2)cc1. The highest BCUT2D eigenvalue weighted by molar-refractivity contribution is 5.88. The summed E-state index contributed by atoms with van der Waals surface area (Å²) in [6.45, 7) is 2.54. The Morgan fingerprint density at radius 3 is 2.00 bits per heavy atom. The molecule has 0 radical (unpaired) electrons. The van der Waals surface area contributed by atoms with Gasteiger partial charge in [-0.2, -0.15) is 0 Å². The van der Waals surface area contributed by atoms with Crippen LogP contribution in [0.15, 0.2) is 84.9 Å². The molecule has 0 aromatic heterocycles. The second-order valence-corrected chi connectivity index (χ2v) is 7.41. The highest BCUT2D eigenvalue weighted by atomic mass is 16.5. The molecule has 0 saturated carbocycles. The van der Waals surface area contributed by atoms with Crippen LogP contribution in [0.25, 0.3) is 0 Å². The molecule has 0 spiro atoms. The number of carbonyl (C=O) groups is 2. The van der Waals surface area contributed by atoms with E-state index in [1.807, 2.05) is 84.9 Å². The summed E-state index contributed by atoms with van der Waals surface area (Å²) in [5.74, 6) is 0.499. The zero-order valence-electron chi connectivity index (χ0n) is 18.0. The molecule has 0 aliphatic rings. The maximum atomic E-state index is 13.1. The van der Waals surface area contributed by atoms with Crippen LogP contribution in [0, 0.1) is 0 Å². The van der Waals surface area contributed by atoms with Gasteiger partial charge >= 0.3 is 0 Å². The predicted molar refractivity (Wildman–Crippen MR) is 121 cm³/mol. The summed E-state index contributed by atoms with van der Waals surface area (Å²) in [5.41, 5.74) is 2.88. The van der Waals surface area contributed by atoms with Crippen LogP contribution in [-0.4, -0.2) is 29.9 Å². The third-order valence-electron chi connectivity index (χ3n) is 5.19. The van der Waals surface area contributed by atoms with E-state index in [2.05, 4.69) is 5.32 Å². The standard InChI is InChI=1S/C26H28N2O3/c1-20(26(30)27-18-22-13-15-24(31-2)16-14-22)28(19-23-11-7-4-8-12-23)25(29)17-21-9-5-3-6-10-21/h3-16,20H,17-19H2,1-2H3,(H,27,30). The zero-order chi connectivity index (χ0) is 22.1. The lowest BCUT2D eigenvalue weighted by Crippen LogP contribution is -2.47. The van der Waals surface area contributed by atoms with E-state index in [-0.39, 0.29) is 18.2 Å². The minimum absolute atomic E-state index is 0.0813. The Morgan fingerprint density at radius 2 is 1.42 bits per heavy atom. The van der Waals surface area contributed by atoms with Crippen molar-refractivity contribution < 1.29 is 14.3 Å². The second kappa shape index (κ2) is 11.0. The summed E-state index contributed by atoms with van der Waals surface area (Å²) in [5, 5.41) is 2.95. The fourth-order valence-corrected chi connectivity index (χ4v) is 3.32. The van der Waals surface area contributed by atoms with Crippen LogP contribution in [0.1, 0.15) is 23.6 Å². The van der Waals surface area contributed by atoms with Gasteiger partial charge in [0.15, 0.2) is 0 Å². The lowest BCUT2D eigenvalue weighted by Gasteiger charge is -2.29. The van der Waals surface area contributed by atoms with Gasteiger partial charge in [0.2, 0.25) is 11.8 Å². The van der Waals surface area contributed by atoms with Crippen LogP contribution in [0.5, 0.6) is 5.75 Å². The van der Waals surface area contributed by atoms with Gasteiger partial charge in [-0.25, -0.2) is 0 Å². The maximum absolute atomic E-state index is 13.1. The van der Waals surface area contributed by atoms with Gasteiger partial charge in [0.25, 0.3) is 0 Å². The third-order valence-corrected chi connectivity index (χ3v) is 5.19. The number of hydrogen-bond acceptors (Lipinski definition) is 3. The largest absolute Gasteiger partial charge is 0.497 e. The first-order chi connectivity index (χ1) is 15.1. The van der Waals surface area contributed by atoms with Gasteiger partial charge in [0.1, 0.15) is 11.8 Å². The molecule has 5 heteroatoms. The number of carbonyl (C=O) groups excluding carboxylic acids is 2. The number of ether oxygens (including phenoxy) is 1. The summed E-state index contributed by atoms with van der Waals surface area (Å²) in [6, 6.07) is 26.3. The Balaban J connectivity index is 1.69. The Labute approximate surface area is 183 Å². The second-order valence-electron chi connectivity index (χ2n) is 7.41. The van der Waals surface area contributed by atoms with E-state index < -0.39 is 6.04 Å². The molecule has 1 atom stereocenters. The predicted octanol–water partition coefficient (Wildman–Crippen LogP) is 3.97. The summed E-state index contributed by atoms with van der Waals surface area (Å²) in [6.07, 6.45) is 0.254. The molecule has 0 bridgehead atoms. The van der Waals surface area contributed by atoms with Crippen LogP contribution < -0.4 is 10.1 Å². The lowest BCUT2D eigenvalue weighted by atomic mass is 10.1. The van der Waals surface area contributed by atoms with Crippen LogP contribution in [0.2, 0.25) is 0 Å². The van der Waals surface area contributed by atoms with E-state index in [1.54, 1.807) is 18.9 Å². The molecule has 0 aliphatic heterocycles. The minimum atomic E-state index is -0.602. The van der Waals surface area contributed by atoms with Crippen molar-refractivity contribution in [3.05, 3.63) is 102 Å². The summed E-state index contributed by atoms with van der Waals surface area (Å²) >= 11 is 0. The summed E-state index contributed by atoms with van der Waals surface area (Å²) in [4.78, 5) is 27.7. The smallest absolute Gasteiger partial charge is 0.242 e. The monoisotopic (exact) mass is 416 g/mol. The van der Waals surface area contributed by atoms with Gasteiger partial charge in [0, 0.05) is 13.1 Å². The molecule has 3 rings (SSSR count). The Morgan fingerprint density at radius 1 is 0.839 bits per heavy atom. The van der Waals surface area contributed by atoms with E-state index in [0.29, 0.717) is 13.1 Å². The molecule has 160 valence electrons. The van der Waals surface area contributed by atoms with Gasteiger partial charge < -0.3 is 15.0 Å². The van der Waals surface area contributed by atoms with Gasteiger partial charge in [-0.3, -0.25) is 9.59 Å². The first-order valence-electron chi connectivity index (χ1n) is 10.3. The van der Waals surface area contributed by atoms with Gasteiger partial charge in [-0.05, 0) is 35.7 Å². The third kappa shape index (κ3) is 6.44. The van der Waals surface area contributed by atoms with Crippen molar-refractivity contribution in [3.63, 3.8) is 0 Å². The van der Waals surface area contributed by atoms with Crippen LogP contribution in [-0.2, 0) is 29.1 Å². The molecule has 0 heterocycles. The number of nitrogens with zero attached hydrogens (tertiary/aromatic N) is 1. The van der Waals surface area contributed by atoms with Crippen molar-refractivity contribution in [1.29, 1.82) is 0 Å². The van der Waals surface area contributed by atoms with Gasteiger partial charge in [-0.15, -0.1) is 0 Å². The maximum Gasteiger partial charge on any atom is 0.242 e. The van der Waals surface area contributed by atoms with Crippen molar-refractivity contribution >= 4 is 11.8 Å². The van der Waals surface area contributed by atoms with Crippen molar-refractivity contribution in [2.75, 3.05) is 7.11 Å². The Kier molecular flexibility index (Phi) is 7.82. The van der Waals surface area contributed by atoms with E-state index in [9.17, 15) is 9.59 Å². The first-order valence-corrected chi connectivity index (χ1v) is 10.3. The molecule has 5 nitrogen and oxygen atoms in total. The highest BCUT2D eigenvalue weighted by Gasteiger charge is 2.26. The average Bonchev–Trinajstić information content (AvgIpc) is 2.82. The lowest BCUT2D eigenvalue weighted by molar-refractivity contribution is -0.140. The zero-order valence-corrected chi connectivity index (χ0v) is 18.0. The molecule has 1 unspecified atom stereocenters. The van der Waals surface area contributed by atoms with Crippen LogP contribution >= 0.6 is 0 Å². The van der Waals surface area contributed by atoms with E-state index in [4.69, 9.17) is 4.74 Å². The minimum Gasteiger partial charge on any atom is -0.497 e.